The van der Waals surface area contributed by atoms with Crippen molar-refractivity contribution in [3.05, 3.63) is 0 Å². The standard InChI is InChI=1S/C17H37N5O.HI/c1-9-18-16(20-12-15(23)21-17(4,5)6)19-11-14(22(7)8)10-13(2)3;/h13-14H,9-12H2,1-8H3,(H,21,23)(H2,18,19,20);1H. The molecule has 144 valence electrons. The molecular weight excluding hydrogens is 417 g/mol. The second-order valence-corrected chi connectivity index (χ2v) is 7.62. The third kappa shape index (κ3) is 13.8. The molecule has 0 saturated carbocycles. The van der Waals surface area contributed by atoms with E-state index in [1.165, 1.54) is 0 Å². The molecule has 1 unspecified atom stereocenters. The van der Waals surface area contributed by atoms with Gasteiger partial charge in [0, 0.05) is 24.7 Å². The third-order valence-corrected chi connectivity index (χ3v) is 3.22. The summed E-state index contributed by atoms with van der Waals surface area (Å²) in [7, 11) is 4.19. The van der Waals surface area contributed by atoms with Crippen LogP contribution in [0.2, 0.25) is 0 Å². The summed E-state index contributed by atoms with van der Waals surface area (Å²) in [6.07, 6.45) is 1.11. The van der Waals surface area contributed by atoms with Gasteiger partial charge in [0.05, 0.1) is 0 Å². The molecule has 6 nitrogen and oxygen atoms in total. The molecule has 1 atom stereocenters. The molecule has 3 N–H and O–H groups in total. The number of aliphatic imine (C=N–C) groups is 1. The highest BCUT2D eigenvalue weighted by molar-refractivity contribution is 14.0. The van der Waals surface area contributed by atoms with Gasteiger partial charge in [-0.05, 0) is 54.1 Å². The Morgan fingerprint density at radius 1 is 1.17 bits per heavy atom. The zero-order chi connectivity index (χ0) is 18.0. The fraction of sp³-hybridized carbons (Fsp3) is 0.882. The van der Waals surface area contributed by atoms with Crippen LogP contribution in [0.15, 0.2) is 4.99 Å². The lowest BCUT2D eigenvalue weighted by molar-refractivity contribution is -0.121. The molecule has 0 bridgehead atoms. The summed E-state index contributed by atoms with van der Waals surface area (Å²) in [5, 5.41) is 9.45. The minimum atomic E-state index is -0.230. The number of halogens is 1. The maximum Gasteiger partial charge on any atom is 0.242 e. The van der Waals surface area contributed by atoms with E-state index in [0.29, 0.717) is 17.9 Å². The summed E-state index contributed by atoms with van der Waals surface area (Å²) < 4.78 is 0. The number of hydrogen-bond donors (Lipinski definition) is 3. The monoisotopic (exact) mass is 455 g/mol. The maximum atomic E-state index is 11.9. The van der Waals surface area contributed by atoms with E-state index in [9.17, 15) is 4.79 Å². The summed E-state index contributed by atoms with van der Waals surface area (Å²) in [4.78, 5) is 18.5. The summed E-state index contributed by atoms with van der Waals surface area (Å²) in [5.41, 5.74) is -0.230. The van der Waals surface area contributed by atoms with Crippen LogP contribution in [0.3, 0.4) is 0 Å². The number of carbonyl (C=O) groups excluding carboxylic acids is 1. The highest BCUT2D eigenvalue weighted by Crippen LogP contribution is 2.08. The zero-order valence-electron chi connectivity index (χ0n) is 16.7. The number of likely N-dealkylation sites (N-methyl/N-ethyl adjacent to an activating group) is 1. The molecule has 1 amide bonds. The summed E-state index contributed by atoms with van der Waals surface area (Å²) >= 11 is 0. The zero-order valence-corrected chi connectivity index (χ0v) is 19.0. The van der Waals surface area contributed by atoms with Crippen molar-refractivity contribution in [3.63, 3.8) is 0 Å². The first-order valence-corrected chi connectivity index (χ1v) is 8.54. The molecule has 0 rings (SSSR count). The molecule has 0 spiro atoms. The van der Waals surface area contributed by atoms with Crippen LogP contribution < -0.4 is 16.0 Å². The van der Waals surface area contributed by atoms with Gasteiger partial charge < -0.3 is 20.9 Å². The van der Waals surface area contributed by atoms with E-state index in [1.54, 1.807) is 0 Å². The minimum Gasteiger partial charge on any atom is -0.357 e. The first-order chi connectivity index (χ1) is 10.5. The second-order valence-electron chi connectivity index (χ2n) is 7.62. The first-order valence-electron chi connectivity index (χ1n) is 8.54. The Bertz CT molecular complexity index is 378. The number of nitrogens with zero attached hydrogens (tertiary/aromatic N) is 2. The molecular formula is C17H38IN5O. The first kappa shape index (κ1) is 25.7. The molecule has 0 aliphatic carbocycles. The van der Waals surface area contributed by atoms with Crippen LogP contribution in [0, 0.1) is 5.92 Å². The quantitative estimate of drug-likeness (QED) is 0.298. The molecule has 0 saturated heterocycles. The van der Waals surface area contributed by atoms with Crippen LogP contribution in [0.4, 0.5) is 0 Å². The summed E-state index contributed by atoms with van der Waals surface area (Å²) in [6, 6.07) is 0.433. The van der Waals surface area contributed by atoms with E-state index in [1.807, 2.05) is 27.7 Å². The Balaban J connectivity index is 0. The van der Waals surface area contributed by atoms with Crippen molar-refractivity contribution in [2.24, 2.45) is 10.9 Å². The number of carbonyl (C=O) groups is 1. The highest BCUT2D eigenvalue weighted by atomic mass is 127. The average Bonchev–Trinajstić information content (AvgIpc) is 2.37. The minimum absolute atomic E-state index is 0. The van der Waals surface area contributed by atoms with Gasteiger partial charge in [0.2, 0.25) is 5.91 Å². The second kappa shape index (κ2) is 12.7. The van der Waals surface area contributed by atoms with Gasteiger partial charge in [-0.25, -0.2) is 4.99 Å². The van der Waals surface area contributed by atoms with E-state index in [0.717, 1.165) is 19.5 Å². The van der Waals surface area contributed by atoms with Crippen LogP contribution in [0.5, 0.6) is 0 Å². The van der Waals surface area contributed by atoms with Crippen LogP contribution >= 0.6 is 24.0 Å². The van der Waals surface area contributed by atoms with Gasteiger partial charge >= 0.3 is 0 Å². The van der Waals surface area contributed by atoms with Gasteiger partial charge in [0.15, 0.2) is 5.96 Å². The SMILES string of the molecule is CCNC(=NCC(=O)NC(C)(C)C)NCC(CC(C)C)N(C)C.I. The van der Waals surface area contributed by atoms with Crippen molar-refractivity contribution in [1.82, 2.24) is 20.9 Å². The Labute approximate surface area is 165 Å². The van der Waals surface area contributed by atoms with Crippen molar-refractivity contribution in [2.45, 2.75) is 59.5 Å². The van der Waals surface area contributed by atoms with Crippen LogP contribution in [-0.2, 0) is 4.79 Å². The smallest absolute Gasteiger partial charge is 0.242 e. The third-order valence-electron chi connectivity index (χ3n) is 3.22. The largest absolute Gasteiger partial charge is 0.357 e. The molecule has 0 aliphatic rings. The number of rotatable bonds is 8. The molecule has 0 radical (unpaired) electrons. The van der Waals surface area contributed by atoms with Crippen LogP contribution in [-0.4, -0.2) is 62.1 Å². The normalized spacial score (nSPS) is 13.5. The van der Waals surface area contributed by atoms with E-state index in [2.05, 4.69) is 53.8 Å². The highest BCUT2D eigenvalue weighted by Gasteiger charge is 2.15. The van der Waals surface area contributed by atoms with Crippen LogP contribution in [0.25, 0.3) is 0 Å². The van der Waals surface area contributed by atoms with Crippen molar-refractivity contribution in [2.75, 3.05) is 33.7 Å². The number of guanidine groups is 1. The fourth-order valence-corrected chi connectivity index (χ4v) is 2.19. The average molecular weight is 455 g/mol. The van der Waals surface area contributed by atoms with E-state index in [4.69, 9.17) is 0 Å². The van der Waals surface area contributed by atoms with E-state index >= 15 is 0 Å². The summed E-state index contributed by atoms with van der Waals surface area (Å²) in [6.45, 7) is 14.1. The molecule has 24 heavy (non-hydrogen) atoms. The molecule has 0 aromatic rings. The van der Waals surface area contributed by atoms with Gasteiger partial charge in [-0.15, -0.1) is 24.0 Å². The fourth-order valence-electron chi connectivity index (χ4n) is 2.19. The molecule has 7 heteroatoms. The Hall–Kier alpha value is -0.570. The lowest BCUT2D eigenvalue weighted by Crippen LogP contribution is -2.46. The Morgan fingerprint density at radius 2 is 1.75 bits per heavy atom. The van der Waals surface area contributed by atoms with Gasteiger partial charge in [-0.2, -0.15) is 0 Å². The van der Waals surface area contributed by atoms with Crippen molar-refractivity contribution < 1.29 is 4.79 Å². The molecule has 0 aromatic heterocycles. The maximum absolute atomic E-state index is 11.9. The van der Waals surface area contributed by atoms with Gasteiger partial charge in [0.1, 0.15) is 6.54 Å². The molecule has 0 heterocycles. The lowest BCUT2D eigenvalue weighted by atomic mass is 10.0. The number of amides is 1. The predicted molar refractivity (Wildman–Crippen MR) is 114 cm³/mol. The van der Waals surface area contributed by atoms with Gasteiger partial charge in [-0.1, -0.05) is 13.8 Å². The van der Waals surface area contributed by atoms with E-state index < -0.39 is 0 Å². The number of hydrogen-bond acceptors (Lipinski definition) is 3. The molecule has 0 aromatic carbocycles. The van der Waals surface area contributed by atoms with Gasteiger partial charge in [-0.3, -0.25) is 4.79 Å². The molecule has 0 aliphatic heterocycles. The van der Waals surface area contributed by atoms with E-state index in [-0.39, 0.29) is 42.0 Å². The van der Waals surface area contributed by atoms with Crippen molar-refractivity contribution in [1.29, 1.82) is 0 Å². The van der Waals surface area contributed by atoms with Crippen molar-refractivity contribution in [3.8, 4) is 0 Å². The predicted octanol–water partition coefficient (Wildman–Crippen LogP) is 2.05. The van der Waals surface area contributed by atoms with Crippen molar-refractivity contribution >= 4 is 35.8 Å². The lowest BCUT2D eigenvalue weighted by Gasteiger charge is -2.27. The molecule has 0 fully saturated rings. The Morgan fingerprint density at radius 3 is 2.17 bits per heavy atom. The Kier molecular flexibility index (Phi) is 13.6. The topological polar surface area (TPSA) is 68.8 Å². The number of nitrogens with one attached hydrogen (secondary N) is 3. The van der Waals surface area contributed by atoms with Crippen LogP contribution in [0.1, 0.15) is 48.0 Å². The summed E-state index contributed by atoms with van der Waals surface area (Å²) in [5.74, 6) is 1.26. The van der Waals surface area contributed by atoms with Gasteiger partial charge in [0.25, 0.3) is 0 Å².